The third kappa shape index (κ3) is 1.87. The highest BCUT2D eigenvalue weighted by atomic mass is 32.1. The lowest BCUT2D eigenvalue weighted by Gasteiger charge is -2.04. The molecule has 0 radical (unpaired) electrons. The molecule has 0 bridgehead atoms. The minimum absolute atomic E-state index is 0.805. The van der Waals surface area contributed by atoms with Crippen molar-refractivity contribution in [3.8, 4) is 11.5 Å². The number of hydrogen-bond donors (Lipinski definition) is 0. The molecule has 2 aromatic rings. The van der Waals surface area contributed by atoms with E-state index < -0.39 is 0 Å². The summed E-state index contributed by atoms with van der Waals surface area (Å²) in [5, 5.41) is 1.88. The van der Waals surface area contributed by atoms with Crippen LogP contribution in [0, 0.1) is 6.92 Å². The van der Waals surface area contributed by atoms with Gasteiger partial charge in [-0.3, -0.25) is 0 Å². The van der Waals surface area contributed by atoms with Gasteiger partial charge >= 0.3 is 0 Å². The zero-order valence-corrected chi connectivity index (χ0v) is 8.04. The first kappa shape index (κ1) is 8.26. The average molecular weight is 191 g/mol. The Hall–Kier alpha value is -1.35. The van der Waals surface area contributed by atoms with Gasteiger partial charge in [-0.15, -0.1) is 0 Å². The van der Waals surface area contributed by atoms with Crippen molar-refractivity contribution in [3.05, 3.63) is 41.4 Å². The van der Waals surface area contributed by atoms with Crippen molar-refractivity contribution in [2.24, 2.45) is 0 Å². The van der Waals surface area contributed by atoms with Crippen molar-refractivity contribution >= 4 is 11.5 Å². The number of rotatable bonds is 2. The molecule has 0 saturated heterocycles. The molecule has 0 spiro atoms. The van der Waals surface area contributed by atoms with Gasteiger partial charge in [-0.1, -0.05) is 18.2 Å². The molecule has 66 valence electrons. The zero-order chi connectivity index (χ0) is 9.10. The molecule has 0 aliphatic carbocycles. The van der Waals surface area contributed by atoms with Crippen LogP contribution in [0.15, 0.2) is 35.8 Å². The van der Waals surface area contributed by atoms with Gasteiger partial charge in [0.1, 0.15) is 5.75 Å². The van der Waals surface area contributed by atoms with Crippen LogP contribution in [0.1, 0.15) is 5.56 Å². The minimum atomic E-state index is 0.805. The predicted octanol–water partition coefficient (Wildman–Crippen LogP) is 3.24. The summed E-state index contributed by atoms with van der Waals surface area (Å²) in [7, 11) is 0. The van der Waals surface area contributed by atoms with Crippen LogP contribution < -0.4 is 4.74 Å². The first-order valence-corrected chi connectivity index (χ1v) is 4.83. The topological polar surface area (TPSA) is 22.1 Å². The maximum Gasteiger partial charge on any atom is 0.158 e. The number of ether oxygens (including phenoxy) is 1. The lowest BCUT2D eigenvalue weighted by Crippen LogP contribution is -1.84. The molecule has 1 aromatic carbocycles. The fraction of sp³-hybridized carbons (Fsp3) is 0.100. The maximum absolute atomic E-state index is 5.60. The van der Waals surface area contributed by atoms with E-state index in [4.69, 9.17) is 4.74 Å². The Morgan fingerprint density at radius 1 is 1.31 bits per heavy atom. The molecule has 0 fully saturated rings. The van der Waals surface area contributed by atoms with Gasteiger partial charge in [-0.05, 0) is 30.1 Å². The Morgan fingerprint density at radius 2 is 2.15 bits per heavy atom. The van der Waals surface area contributed by atoms with Crippen LogP contribution in [0.25, 0.3) is 0 Å². The van der Waals surface area contributed by atoms with Crippen molar-refractivity contribution in [3.63, 3.8) is 0 Å². The lowest BCUT2D eigenvalue weighted by molar-refractivity contribution is 0.480. The van der Waals surface area contributed by atoms with Crippen LogP contribution in [0.2, 0.25) is 0 Å². The van der Waals surface area contributed by atoms with E-state index in [2.05, 4.69) is 4.37 Å². The Labute approximate surface area is 81.0 Å². The van der Waals surface area contributed by atoms with Crippen molar-refractivity contribution in [2.45, 2.75) is 6.92 Å². The van der Waals surface area contributed by atoms with E-state index in [9.17, 15) is 0 Å². The molecular weight excluding hydrogens is 182 g/mol. The van der Waals surface area contributed by atoms with Crippen LogP contribution in [0.4, 0.5) is 0 Å². The maximum atomic E-state index is 5.60. The fourth-order valence-corrected chi connectivity index (χ4v) is 1.48. The van der Waals surface area contributed by atoms with E-state index in [1.807, 2.05) is 36.6 Å². The highest BCUT2D eigenvalue weighted by Crippen LogP contribution is 2.24. The largest absolute Gasteiger partial charge is 0.455 e. The van der Waals surface area contributed by atoms with Crippen LogP contribution in [-0.4, -0.2) is 4.37 Å². The molecule has 0 N–H and O–H groups in total. The van der Waals surface area contributed by atoms with Gasteiger partial charge < -0.3 is 4.74 Å². The summed E-state index contributed by atoms with van der Waals surface area (Å²) in [4.78, 5) is 0. The summed E-state index contributed by atoms with van der Waals surface area (Å²) < 4.78 is 9.56. The van der Waals surface area contributed by atoms with Gasteiger partial charge in [0.2, 0.25) is 0 Å². The number of para-hydroxylation sites is 1. The molecule has 3 heteroatoms. The Balaban J connectivity index is 2.24. The third-order valence-corrected chi connectivity index (χ3v) is 2.30. The van der Waals surface area contributed by atoms with Crippen LogP contribution in [0.3, 0.4) is 0 Å². The van der Waals surface area contributed by atoms with Crippen LogP contribution in [-0.2, 0) is 0 Å². The summed E-state index contributed by atoms with van der Waals surface area (Å²) in [6, 6.07) is 7.93. The Kier molecular flexibility index (Phi) is 2.27. The lowest BCUT2D eigenvalue weighted by atomic mass is 10.2. The van der Waals surface area contributed by atoms with E-state index >= 15 is 0 Å². The second-order valence-electron chi connectivity index (χ2n) is 2.73. The van der Waals surface area contributed by atoms with E-state index in [1.165, 1.54) is 11.5 Å². The summed E-state index contributed by atoms with van der Waals surface area (Å²) in [5.74, 6) is 1.70. The summed E-state index contributed by atoms with van der Waals surface area (Å²) in [6.07, 6.45) is 1.72. The smallest absolute Gasteiger partial charge is 0.158 e. The number of aryl methyl sites for hydroxylation is 1. The van der Waals surface area contributed by atoms with Gasteiger partial charge in [0, 0.05) is 0 Å². The molecule has 0 unspecified atom stereocenters. The summed E-state index contributed by atoms with van der Waals surface area (Å²) >= 11 is 1.39. The molecule has 0 amide bonds. The normalized spacial score (nSPS) is 9.92. The predicted molar refractivity (Wildman–Crippen MR) is 53.4 cm³/mol. The van der Waals surface area contributed by atoms with Gasteiger partial charge in [0.25, 0.3) is 0 Å². The van der Waals surface area contributed by atoms with Crippen molar-refractivity contribution in [2.75, 3.05) is 0 Å². The molecule has 1 heterocycles. The van der Waals surface area contributed by atoms with Crippen LogP contribution in [0.5, 0.6) is 11.5 Å². The quantitative estimate of drug-likeness (QED) is 0.727. The fourth-order valence-electron chi connectivity index (χ4n) is 1.04. The average Bonchev–Trinajstić information content (AvgIpc) is 2.61. The van der Waals surface area contributed by atoms with E-state index in [-0.39, 0.29) is 0 Å². The second-order valence-corrected chi connectivity index (χ2v) is 3.39. The molecule has 0 aliphatic heterocycles. The Morgan fingerprint density at radius 3 is 2.85 bits per heavy atom. The number of benzene rings is 1. The first-order chi connectivity index (χ1) is 6.36. The second kappa shape index (κ2) is 3.58. The molecule has 2 nitrogen and oxygen atoms in total. The molecule has 1 aromatic heterocycles. The van der Waals surface area contributed by atoms with Crippen molar-refractivity contribution in [1.82, 2.24) is 4.37 Å². The minimum Gasteiger partial charge on any atom is -0.455 e. The Bertz CT molecular complexity index is 384. The molecule has 2 rings (SSSR count). The highest BCUT2D eigenvalue weighted by Gasteiger charge is 1.99. The van der Waals surface area contributed by atoms with Gasteiger partial charge in [0.05, 0.1) is 11.6 Å². The van der Waals surface area contributed by atoms with E-state index in [0.717, 1.165) is 17.1 Å². The summed E-state index contributed by atoms with van der Waals surface area (Å²) in [5.41, 5.74) is 1.13. The zero-order valence-electron chi connectivity index (χ0n) is 7.23. The molecule has 0 saturated carbocycles. The van der Waals surface area contributed by atoms with Crippen LogP contribution >= 0.6 is 11.5 Å². The molecule has 0 atom stereocenters. The van der Waals surface area contributed by atoms with Gasteiger partial charge in [-0.25, -0.2) is 0 Å². The first-order valence-electron chi connectivity index (χ1n) is 3.99. The number of nitrogens with zero attached hydrogens (tertiary/aromatic N) is 1. The third-order valence-electron chi connectivity index (χ3n) is 1.73. The SMILES string of the molecule is Cc1ccccc1Oc1cnsc1. The van der Waals surface area contributed by atoms with Crippen molar-refractivity contribution < 1.29 is 4.74 Å². The number of hydrogen-bond acceptors (Lipinski definition) is 3. The monoisotopic (exact) mass is 191 g/mol. The van der Waals surface area contributed by atoms with Crippen molar-refractivity contribution in [1.29, 1.82) is 0 Å². The molecule has 13 heavy (non-hydrogen) atoms. The molecular formula is C10H9NOS. The summed E-state index contributed by atoms with van der Waals surface area (Å²) in [6.45, 7) is 2.02. The number of aromatic nitrogens is 1. The van der Waals surface area contributed by atoms with Gasteiger partial charge in [-0.2, -0.15) is 4.37 Å². The standard InChI is InChI=1S/C10H9NOS/c1-8-4-2-3-5-10(8)12-9-6-11-13-7-9/h2-7H,1H3. The van der Waals surface area contributed by atoms with Gasteiger partial charge in [0.15, 0.2) is 5.75 Å². The van der Waals surface area contributed by atoms with E-state index in [0.29, 0.717) is 0 Å². The van der Waals surface area contributed by atoms with E-state index in [1.54, 1.807) is 6.20 Å². The highest BCUT2D eigenvalue weighted by molar-refractivity contribution is 7.03. The molecule has 0 aliphatic rings.